The Morgan fingerprint density at radius 2 is 2.00 bits per heavy atom. The van der Waals surface area contributed by atoms with Gasteiger partial charge in [-0.3, -0.25) is 19.8 Å². The van der Waals surface area contributed by atoms with Crippen molar-refractivity contribution < 1.29 is 14.7 Å². The van der Waals surface area contributed by atoms with Gasteiger partial charge in [0, 0.05) is 11.8 Å². The molecule has 5 nitrogen and oxygen atoms in total. The molecule has 22 heavy (non-hydrogen) atoms. The normalized spacial score (nSPS) is 18.2. The fourth-order valence-electron chi connectivity index (χ4n) is 2.17. The maximum absolute atomic E-state index is 12.6. The summed E-state index contributed by atoms with van der Waals surface area (Å²) in [6, 6.07) is 8.12. The van der Waals surface area contributed by atoms with Crippen LogP contribution in [0.5, 0.6) is 0 Å². The third-order valence-electron chi connectivity index (χ3n) is 3.29. The van der Waals surface area contributed by atoms with Crippen LogP contribution in [0, 0.1) is 0 Å². The van der Waals surface area contributed by atoms with E-state index < -0.39 is 18.2 Å². The summed E-state index contributed by atoms with van der Waals surface area (Å²) in [5, 5.41) is 12.2. The summed E-state index contributed by atoms with van der Waals surface area (Å²) < 4.78 is 0. The van der Waals surface area contributed by atoms with Gasteiger partial charge in [-0.1, -0.05) is 24.3 Å². The topological polar surface area (TPSA) is 69.6 Å². The van der Waals surface area contributed by atoms with E-state index in [0.717, 1.165) is 0 Å². The molecular weight excluding hydrogens is 300 g/mol. The van der Waals surface area contributed by atoms with Crippen molar-refractivity contribution in [1.82, 2.24) is 10.2 Å². The van der Waals surface area contributed by atoms with Crippen LogP contribution in [0.2, 0.25) is 0 Å². The van der Waals surface area contributed by atoms with Crippen LogP contribution >= 0.6 is 12.6 Å². The van der Waals surface area contributed by atoms with Crippen LogP contribution in [0.1, 0.15) is 16.8 Å². The van der Waals surface area contributed by atoms with Crippen LogP contribution in [0.25, 0.3) is 0 Å². The SMILES string of the molecule is O=C(O)C(CCS)N[C@@H]1C=CC=CN1C(=O)c1ccccc1. The third kappa shape index (κ3) is 3.99. The summed E-state index contributed by atoms with van der Waals surface area (Å²) in [4.78, 5) is 25.3. The van der Waals surface area contributed by atoms with E-state index in [1.807, 2.05) is 6.07 Å². The second-order valence-corrected chi connectivity index (χ2v) is 5.27. The van der Waals surface area contributed by atoms with Crippen molar-refractivity contribution in [2.24, 2.45) is 0 Å². The molecule has 1 aromatic rings. The molecule has 0 aliphatic carbocycles. The number of nitrogens with zero attached hydrogens (tertiary/aromatic N) is 1. The highest BCUT2D eigenvalue weighted by Gasteiger charge is 2.27. The third-order valence-corrected chi connectivity index (χ3v) is 3.55. The fourth-order valence-corrected chi connectivity index (χ4v) is 2.43. The van der Waals surface area contributed by atoms with Crippen LogP contribution in [-0.2, 0) is 4.79 Å². The van der Waals surface area contributed by atoms with Gasteiger partial charge < -0.3 is 5.11 Å². The van der Waals surface area contributed by atoms with Crippen molar-refractivity contribution in [3.63, 3.8) is 0 Å². The fraction of sp³-hybridized carbons (Fsp3) is 0.250. The van der Waals surface area contributed by atoms with Crippen molar-refractivity contribution in [2.75, 3.05) is 5.75 Å². The number of amides is 1. The Balaban J connectivity index is 2.15. The van der Waals surface area contributed by atoms with E-state index in [1.165, 1.54) is 4.90 Å². The van der Waals surface area contributed by atoms with Crippen molar-refractivity contribution in [3.05, 3.63) is 60.3 Å². The number of thiol groups is 1. The molecule has 1 aliphatic rings. The van der Waals surface area contributed by atoms with Gasteiger partial charge in [0.05, 0.1) is 0 Å². The molecule has 0 aromatic heterocycles. The van der Waals surface area contributed by atoms with Crippen LogP contribution in [-0.4, -0.2) is 39.8 Å². The Kier molecular flexibility index (Phi) is 5.80. The van der Waals surface area contributed by atoms with Crippen LogP contribution in [0.4, 0.5) is 0 Å². The first kappa shape index (κ1) is 16.3. The highest BCUT2D eigenvalue weighted by atomic mass is 32.1. The summed E-state index contributed by atoms with van der Waals surface area (Å²) in [6.45, 7) is 0. The smallest absolute Gasteiger partial charge is 0.320 e. The average Bonchev–Trinajstić information content (AvgIpc) is 2.55. The largest absolute Gasteiger partial charge is 0.480 e. The molecule has 1 aliphatic heterocycles. The molecule has 2 rings (SSSR count). The molecule has 1 heterocycles. The monoisotopic (exact) mass is 318 g/mol. The first-order valence-electron chi connectivity index (χ1n) is 6.96. The second-order valence-electron chi connectivity index (χ2n) is 4.82. The van der Waals surface area contributed by atoms with E-state index in [2.05, 4.69) is 17.9 Å². The molecule has 2 N–H and O–H groups in total. The summed E-state index contributed by atoms with van der Waals surface area (Å²) >= 11 is 4.08. The number of nitrogens with one attached hydrogen (secondary N) is 1. The number of rotatable bonds is 6. The van der Waals surface area contributed by atoms with Gasteiger partial charge in [-0.25, -0.2) is 0 Å². The predicted molar refractivity (Wildman–Crippen MR) is 87.7 cm³/mol. The molecule has 116 valence electrons. The number of aliphatic carboxylic acids is 1. The first-order chi connectivity index (χ1) is 10.6. The van der Waals surface area contributed by atoms with Gasteiger partial charge in [-0.2, -0.15) is 12.6 Å². The highest BCUT2D eigenvalue weighted by molar-refractivity contribution is 7.80. The lowest BCUT2D eigenvalue weighted by Crippen LogP contribution is -2.52. The Labute approximate surface area is 134 Å². The molecule has 2 atom stereocenters. The summed E-state index contributed by atoms with van der Waals surface area (Å²) in [7, 11) is 0. The van der Waals surface area contributed by atoms with Gasteiger partial charge in [0.2, 0.25) is 0 Å². The zero-order chi connectivity index (χ0) is 15.9. The molecule has 1 unspecified atom stereocenters. The molecular formula is C16H18N2O3S. The van der Waals surface area contributed by atoms with Crippen molar-refractivity contribution >= 4 is 24.5 Å². The van der Waals surface area contributed by atoms with Gasteiger partial charge >= 0.3 is 5.97 Å². The zero-order valence-electron chi connectivity index (χ0n) is 11.9. The van der Waals surface area contributed by atoms with Gasteiger partial charge in [-0.05, 0) is 36.5 Å². The van der Waals surface area contributed by atoms with E-state index in [1.54, 1.807) is 48.7 Å². The molecule has 0 spiro atoms. The predicted octanol–water partition coefficient (Wildman–Crippen LogP) is 1.90. The van der Waals surface area contributed by atoms with Crippen molar-refractivity contribution in [2.45, 2.75) is 18.6 Å². The first-order valence-corrected chi connectivity index (χ1v) is 7.59. The summed E-state index contributed by atoms with van der Waals surface area (Å²) in [5.74, 6) is -0.694. The quantitative estimate of drug-likeness (QED) is 0.701. The Bertz CT molecular complexity index is 586. The zero-order valence-corrected chi connectivity index (χ0v) is 12.8. The number of carboxylic acid groups (broad SMARTS) is 1. The standard InChI is InChI=1S/C16H18N2O3S/c19-15(12-6-2-1-3-7-12)18-10-5-4-8-14(18)17-13(9-11-22)16(20)21/h1-8,10,13-14,17,22H,9,11H2,(H,20,21)/t13?,14-/m0/s1. The number of carboxylic acids is 1. The van der Waals surface area contributed by atoms with E-state index in [9.17, 15) is 14.7 Å². The Morgan fingerprint density at radius 3 is 2.64 bits per heavy atom. The maximum Gasteiger partial charge on any atom is 0.320 e. The number of carbonyl (C=O) groups excluding carboxylic acids is 1. The summed E-state index contributed by atoms with van der Waals surface area (Å²) in [6.07, 6.45) is 6.81. The number of benzene rings is 1. The Morgan fingerprint density at radius 1 is 1.27 bits per heavy atom. The number of hydrogen-bond acceptors (Lipinski definition) is 4. The van der Waals surface area contributed by atoms with Crippen LogP contribution in [0.15, 0.2) is 54.8 Å². The minimum Gasteiger partial charge on any atom is -0.480 e. The van der Waals surface area contributed by atoms with Gasteiger partial charge in [0.25, 0.3) is 5.91 Å². The maximum atomic E-state index is 12.6. The molecule has 1 amide bonds. The van der Waals surface area contributed by atoms with Crippen LogP contribution in [0.3, 0.4) is 0 Å². The summed E-state index contributed by atoms with van der Waals surface area (Å²) in [5.41, 5.74) is 0.551. The molecule has 0 fully saturated rings. The lowest BCUT2D eigenvalue weighted by atomic mass is 10.1. The highest BCUT2D eigenvalue weighted by Crippen LogP contribution is 2.13. The van der Waals surface area contributed by atoms with Crippen molar-refractivity contribution in [3.8, 4) is 0 Å². The van der Waals surface area contributed by atoms with Gasteiger partial charge in [-0.15, -0.1) is 0 Å². The number of carbonyl (C=O) groups is 2. The van der Waals surface area contributed by atoms with Gasteiger partial charge in [0.15, 0.2) is 0 Å². The van der Waals surface area contributed by atoms with Gasteiger partial charge in [0.1, 0.15) is 12.2 Å². The molecule has 0 bridgehead atoms. The van der Waals surface area contributed by atoms with Crippen molar-refractivity contribution in [1.29, 1.82) is 0 Å². The van der Waals surface area contributed by atoms with E-state index in [0.29, 0.717) is 17.7 Å². The number of allylic oxidation sites excluding steroid dienone is 2. The molecule has 0 saturated heterocycles. The van der Waals surface area contributed by atoms with E-state index >= 15 is 0 Å². The Hall–Kier alpha value is -2.05. The number of hydrogen-bond donors (Lipinski definition) is 3. The molecule has 1 aromatic carbocycles. The van der Waals surface area contributed by atoms with Crippen LogP contribution < -0.4 is 5.32 Å². The minimum atomic E-state index is -0.955. The minimum absolute atomic E-state index is 0.186. The molecule has 0 saturated carbocycles. The lowest BCUT2D eigenvalue weighted by Gasteiger charge is -2.31. The second kappa shape index (κ2) is 7.82. The molecule has 0 radical (unpaired) electrons. The van der Waals surface area contributed by atoms with E-state index in [-0.39, 0.29) is 5.91 Å². The average molecular weight is 318 g/mol. The van der Waals surface area contributed by atoms with E-state index in [4.69, 9.17) is 0 Å². The molecule has 6 heteroatoms. The lowest BCUT2D eigenvalue weighted by molar-refractivity contribution is -0.139.